The molecule has 2 aliphatic heterocycles. The molecule has 0 radical (unpaired) electrons. The quantitative estimate of drug-likeness (QED) is 0.811. The van der Waals surface area contributed by atoms with Crippen LogP contribution in [0.2, 0.25) is 0 Å². The number of aliphatic hydroxyl groups excluding tert-OH is 1. The Morgan fingerprint density at radius 2 is 2.23 bits per heavy atom. The first-order chi connectivity index (χ1) is 12.6. The number of benzene rings is 1. The first kappa shape index (κ1) is 17.2. The van der Waals surface area contributed by atoms with Gasteiger partial charge < -0.3 is 15.3 Å². The topological polar surface area (TPSA) is 87.5 Å². The molecule has 7 heteroatoms. The monoisotopic (exact) mass is 356 g/mol. The molecule has 26 heavy (non-hydrogen) atoms. The van der Waals surface area contributed by atoms with Crippen molar-refractivity contribution in [3.05, 3.63) is 40.9 Å². The number of rotatable bonds is 2. The molecule has 2 aliphatic rings. The van der Waals surface area contributed by atoms with Gasteiger partial charge in [0.2, 0.25) is 5.91 Å². The Balaban J connectivity index is 1.53. The second-order valence-corrected chi connectivity index (χ2v) is 7.46. The minimum atomic E-state index is -0.385. The van der Waals surface area contributed by atoms with E-state index < -0.39 is 0 Å². The largest absolute Gasteiger partial charge is 0.392 e. The molecule has 0 aliphatic carbocycles. The Bertz CT molecular complexity index is 876. The van der Waals surface area contributed by atoms with Gasteiger partial charge >= 0.3 is 0 Å². The molecule has 4 rings (SSSR count). The van der Waals surface area contributed by atoms with Gasteiger partial charge in [-0.2, -0.15) is 0 Å². The maximum Gasteiger partial charge on any atom is 0.261 e. The van der Waals surface area contributed by atoms with Crippen molar-refractivity contribution >= 4 is 16.8 Å². The zero-order chi connectivity index (χ0) is 18.1. The van der Waals surface area contributed by atoms with Gasteiger partial charge in [0.05, 0.1) is 23.3 Å². The minimum Gasteiger partial charge on any atom is -0.392 e. The summed E-state index contributed by atoms with van der Waals surface area (Å²) < 4.78 is 1.38. The number of likely N-dealkylation sites (tertiary alicyclic amines) is 1. The van der Waals surface area contributed by atoms with Gasteiger partial charge in [-0.15, -0.1) is 0 Å². The van der Waals surface area contributed by atoms with Crippen LogP contribution in [-0.2, 0) is 11.3 Å². The zero-order valence-electron chi connectivity index (χ0n) is 14.7. The summed E-state index contributed by atoms with van der Waals surface area (Å²) in [4.78, 5) is 31.5. The summed E-state index contributed by atoms with van der Waals surface area (Å²) in [6.07, 6.45) is 3.57. The average molecular weight is 356 g/mol. The number of amides is 1. The maximum atomic E-state index is 12.8. The molecule has 1 aromatic heterocycles. The Morgan fingerprint density at radius 1 is 1.38 bits per heavy atom. The third-order valence-corrected chi connectivity index (χ3v) is 5.78. The van der Waals surface area contributed by atoms with E-state index in [1.807, 2.05) is 6.07 Å². The van der Waals surface area contributed by atoms with E-state index in [-0.39, 0.29) is 29.5 Å². The van der Waals surface area contributed by atoms with Crippen LogP contribution in [0.25, 0.3) is 10.9 Å². The molecular weight excluding hydrogens is 332 g/mol. The fourth-order valence-electron chi connectivity index (χ4n) is 4.25. The van der Waals surface area contributed by atoms with Gasteiger partial charge in [0.25, 0.3) is 5.56 Å². The summed E-state index contributed by atoms with van der Waals surface area (Å²) >= 11 is 0. The Kier molecular flexibility index (Phi) is 4.50. The van der Waals surface area contributed by atoms with Gasteiger partial charge in [0.1, 0.15) is 6.54 Å². The van der Waals surface area contributed by atoms with E-state index in [9.17, 15) is 14.7 Å². The van der Waals surface area contributed by atoms with Crippen LogP contribution in [0.1, 0.15) is 19.3 Å². The number of carbonyl (C=O) groups excluding carboxylic acids is 1. The zero-order valence-corrected chi connectivity index (χ0v) is 14.7. The second kappa shape index (κ2) is 6.81. The molecule has 2 fully saturated rings. The summed E-state index contributed by atoms with van der Waals surface area (Å²) in [5, 5.41) is 14.4. The van der Waals surface area contributed by atoms with Crippen LogP contribution < -0.4 is 10.9 Å². The van der Waals surface area contributed by atoms with Crippen molar-refractivity contribution in [1.29, 1.82) is 0 Å². The van der Waals surface area contributed by atoms with Gasteiger partial charge in [-0.1, -0.05) is 12.1 Å². The standard InChI is InChI=1S/C19H24N4O3/c24-16-6-8-20-11-19(16)7-3-9-22(12-19)17(25)10-23-13-21-15-5-2-1-4-14(15)18(23)26/h1-2,4-5,13,16,20,24H,3,6-12H2/t16-,19-/m0/s1. The summed E-state index contributed by atoms with van der Waals surface area (Å²) in [7, 11) is 0. The maximum absolute atomic E-state index is 12.8. The molecule has 2 saturated heterocycles. The highest BCUT2D eigenvalue weighted by molar-refractivity contribution is 5.79. The van der Waals surface area contributed by atoms with E-state index >= 15 is 0 Å². The van der Waals surface area contributed by atoms with E-state index in [1.54, 1.807) is 23.1 Å². The lowest BCUT2D eigenvalue weighted by atomic mass is 9.72. The van der Waals surface area contributed by atoms with E-state index in [0.717, 1.165) is 32.4 Å². The van der Waals surface area contributed by atoms with Crippen LogP contribution in [0.3, 0.4) is 0 Å². The molecule has 0 saturated carbocycles. The SMILES string of the molecule is O=C(Cn1cnc2ccccc2c1=O)N1CCC[C@]2(CNCC[C@@H]2O)C1. The Labute approximate surface area is 151 Å². The molecule has 0 bridgehead atoms. The van der Waals surface area contributed by atoms with Gasteiger partial charge in [-0.3, -0.25) is 14.2 Å². The smallest absolute Gasteiger partial charge is 0.261 e. The van der Waals surface area contributed by atoms with Crippen LogP contribution >= 0.6 is 0 Å². The normalized spacial score (nSPS) is 26.3. The van der Waals surface area contributed by atoms with Gasteiger partial charge in [0.15, 0.2) is 0 Å². The third-order valence-electron chi connectivity index (χ3n) is 5.78. The molecule has 138 valence electrons. The summed E-state index contributed by atoms with van der Waals surface area (Å²) in [5.41, 5.74) is 0.170. The van der Waals surface area contributed by atoms with Gasteiger partial charge in [0, 0.05) is 25.0 Å². The fourth-order valence-corrected chi connectivity index (χ4v) is 4.25. The molecule has 0 unspecified atom stereocenters. The first-order valence-electron chi connectivity index (χ1n) is 9.20. The molecule has 2 atom stereocenters. The third kappa shape index (κ3) is 3.01. The number of para-hydroxylation sites is 1. The summed E-state index contributed by atoms with van der Waals surface area (Å²) in [5.74, 6) is -0.0963. The predicted octanol–water partition coefficient (Wildman–Crippen LogP) is 0.360. The lowest BCUT2D eigenvalue weighted by molar-refractivity contribution is -0.139. The van der Waals surface area contributed by atoms with Crippen molar-refractivity contribution in [3.8, 4) is 0 Å². The number of nitrogens with one attached hydrogen (secondary N) is 1. The van der Waals surface area contributed by atoms with E-state index in [0.29, 0.717) is 24.0 Å². The second-order valence-electron chi connectivity index (χ2n) is 7.46. The number of piperidine rings is 2. The highest BCUT2D eigenvalue weighted by atomic mass is 16.3. The number of carbonyl (C=O) groups is 1. The number of nitrogens with zero attached hydrogens (tertiary/aromatic N) is 3. The molecule has 3 heterocycles. The van der Waals surface area contributed by atoms with Crippen LogP contribution in [-0.4, -0.2) is 57.7 Å². The summed E-state index contributed by atoms with van der Waals surface area (Å²) in [6, 6.07) is 7.14. The lowest BCUT2D eigenvalue weighted by Gasteiger charge is -2.48. The van der Waals surface area contributed by atoms with Gasteiger partial charge in [-0.25, -0.2) is 4.98 Å². The molecule has 2 aromatic rings. The average Bonchev–Trinajstić information content (AvgIpc) is 2.67. The highest BCUT2D eigenvalue weighted by Gasteiger charge is 2.44. The number of hydrogen-bond acceptors (Lipinski definition) is 5. The molecule has 1 aromatic carbocycles. The van der Waals surface area contributed by atoms with E-state index in [4.69, 9.17) is 0 Å². The van der Waals surface area contributed by atoms with Crippen LogP contribution in [0, 0.1) is 5.41 Å². The van der Waals surface area contributed by atoms with Crippen molar-refractivity contribution in [2.75, 3.05) is 26.2 Å². The Hall–Kier alpha value is -2.25. The fraction of sp³-hybridized carbons (Fsp3) is 0.526. The van der Waals surface area contributed by atoms with Crippen LogP contribution in [0.15, 0.2) is 35.4 Å². The van der Waals surface area contributed by atoms with Crippen molar-refractivity contribution < 1.29 is 9.90 Å². The van der Waals surface area contributed by atoms with Crippen LogP contribution in [0.4, 0.5) is 0 Å². The highest BCUT2D eigenvalue weighted by Crippen LogP contribution is 2.36. The van der Waals surface area contributed by atoms with Crippen molar-refractivity contribution in [3.63, 3.8) is 0 Å². The number of aromatic nitrogens is 2. The first-order valence-corrected chi connectivity index (χ1v) is 9.20. The molecule has 7 nitrogen and oxygen atoms in total. The van der Waals surface area contributed by atoms with E-state index in [1.165, 1.54) is 10.9 Å². The molecular formula is C19H24N4O3. The molecule has 1 spiro atoms. The number of fused-ring (bicyclic) bond motifs is 1. The number of aliphatic hydroxyl groups is 1. The minimum absolute atomic E-state index is 0.0176. The van der Waals surface area contributed by atoms with Crippen molar-refractivity contribution in [2.24, 2.45) is 5.41 Å². The number of hydrogen-bond donors (Lipinski definition) is 2. The molecule has 2 N–H and O–H groups in total. The molecule has 1 amide bonds. The van der Waals surface area contributed by atoms with Crippen LogP contribution in [0.5, 0.6) is 0 Å². The van der Waals surface area contributed by atoms with E-state index in [2.05, 4.69) is 10.3 Å². The Morgan fingerprint density at radius 3 is 3.08 bits per heavy atom. The summed E-state index contributed by atoms with van der Waals surface area (Å²) in [6.45, 7) is 2.74. The predicted molar refractivity (Wildman–Crippen MR) is 97.7 cm³/mol. The van der Waals surface area contributed by atoms with Crippen molar-refractivity contribution in [1.82, 2.24) is 19.8 Å². The van der Waals surface area contributed by atoms with Gasteiger partial charge in [-0.05, 0) is 37.9 Å². The lowest BCUT2D eigenvalue weighted by Crippen LogP contribution is -2.59. The van der Waals surface area contributed by atoms with Crippen molar-refractivity contribution in [2.45, 2.75) is 31.9 Å².